The Labute approximate surface area is 123 Å². The highest BCUT2D eigenvalue weighted by molar-refractivity contribution is 5.19. The summed E-state index contributed by atoms with van der Waals surface area (Å²) in [5.74, 6) is 3.56. The molecule has 4 aliphatic rings. The molecule has 3 fully saturated rings. The first-order valence-electron chi connectivity index (χ1n) is 8.94. The maximum Gasteiger partial charge on any atom is 0.0675 e. The largest absolute Gasteiger partial charge is 0.390 e. The molecule has 0 radical (unpaired) electrons. The smallest absolute Gasteiger partial charge is 0.0675 e. The minimum atomic E-state index is -0.411. The maximum atomic E-state index is 10.9. The molecule has 0 aromatic rings. The molecule has 0 saturated heterocycles. The molecule has 4 aliphatic carbocycles. The van der Waals surface area contributed by atoms with E-state index in [1.165, 1.54) is 51.4 Å². The molecule has 112 valence electrons. The minimum Gasteiger partial charge on any atom is -0.390 e. The Morgan fingerprint density at radius 1 is 1.05 bits per heavy atom. The third kappa shape index (κ3) is 1.65. The first-order chi connectivity index (χ1) is 9.53. The van der Waals surface area contributed by atoms with Gasteiger partial charge in [-0.2, -0.15) is 0 Å². The number of rotatable bonds is 0. The van der Waals surface area contributed by atoms with Gasteiger partial charge in [0.1, 0.15) is 0 Å². The van der Waals surface area contributed by atoms with E-state index in [-0.39, 0.29) is 5.41 Å². The first kappa shape index (κ1) is 13.4. The average Bonchev–Trinajstić information content (AvgIpc) is 2.69. The predicted octanol–water partition coefficient (Wildman–Crippen LogP) is 4.70. The van der Waals surface area contributed by atoms with E-state index < -0.39 is 5.60 Å². The summed E-state index contributed by atoms with van der Waals surface area (Å²) in [6.07, 6.45) is 14.5. The van der Waals surface area contributed by atoms with Crippen LogP contribution in [0.25, 0.3) is 0 Å². The second kappa shape index (κ2) is 4.35. The summed E-state index contributed by atoms with van der Waals surface area (Å²) in [5, 5.41) is 10.9. The first-order valence-corrected chi connectivity index (χ1v) is 8.94. The molecule has 0 aromatic heterocycles. The molecule has 5 unspecified atom stereocenters. The normalized spacial score (nSPS) is 54.6. The number of hydrogen-bond acceptors (Lipinski definition) is 1. The quantitative estimate of drug-likeness (QED) is 0.635. The summed E-state index contributed by atoms with van der Waals surface area (Å²) in [6, 6.07) is 0. The third-order valence-corrected chi connectivity index (χ3v) is 7.94. The van der Waals surface area contributed by atoms with Crippen LogP contribution >= 0.6 is 0 Å². The molecule has 0 spiro atoms. The maximum absolute atomic E-state index is 10.9. The van der Waals surface area contributed by atoms with Crippen LogP contribution in [0.5, 0.6) is 0 Å². The molecule has 1 nitrogen and oxygen atoms in total. The van der Waals surface area contributed by atoms with Crippen LogP contribution < -0.4 is 0 Å². The van der Waals surface area contributed by atoms with E-state index in [0.29, 0.717) is 0 Å². The lowest BCUT2D eigenvalue weighted by Gasteiger charge is -2.55. The van der Waals surface area contributed by atoms with Gasteiger partial charge in [0.25, 0.3) is 0 Å². The molecule has 3 saturated carbocycles. The van der Waals surface area contributed by atoms with Crippen molar-refractivity contribution in [3.8, 4) is 0 Å². The predicted molar refractivity (Wildman–Crippen MR) is 82.3 cm³/mol. The highest BCUT2D eigenvalue weighted by Gasteiger charge is 2.60. The van der Waals surface area contributed by atoms with Gasteiger partial charge >= 0.3 is 0 Å². The van der Waals surface area contributed by atoms with Gasteiger partial charge in [0.2, 0.25) is 0 Å². The summed E-state index contributed by atoms with van der Waals surface area (Å²) in [7, 11) is 0. The van der Waals surface area contributed by atoms with Crippen molar-refractivity contribution in [1.29, 1.82) is 0 Å². The number of aliphatic hydroxyl groups is 1. The van der Waals surface area contributed by atoms with Gasteiger partial charge in [-0.3, -0.25) is 0 Å². The second-order valence-corrected chi connectivity index (χ2v) is 8.56. The van der Waals surface area contributed by atoms with E-state index >= 15 is 0 Å². The molecule has 4 rings (SSSR count). The SMILES string of the molecule is CC12CCC3C4CCCC=C4CCC3C1CC[C@]2(C)O. The van der Waals surface area contributed by atoms with Crippen molar-refractivity contribution in [3.05, 3.63) is 11.6 Å². The van der Waals surface area contributed by atoms with Crippen molar-refractivity contribution in [2.75, 3.05) is 0 Å². The Morgan fingerprint density at radius 2 is 1.90 bits per heavy atom. The molecule has 0 bridgehead atoms. The lowest BCUT2D eigenvalue weighted by molar-refractivity contribution is -0.107. The van der Waals surface area contributed by atoms with E-state index in [4.69, 9.17) is 0 Å². The summed E-state index contributed by atoms with van der Waals surface area (Å²) in [6.45, 7) is 4.51. The molecule has 0 amide bonds. The van der Waals surface area contributed by atoms with Crippen molar-refractivity contribution in [2.24, 2.45) is 29.1 Å². The van der Waals surface area contributed by atoms with E-state index in [1.807, 2.05) is 5.57 Å². The fraction of sp³-hybridized carbons (Fsp3) is 0.895. The van der Waals surface area contributed by atoms with Crippen LogP contribution in [-0.2, 0) is 0 Å². The second-order valence-electron chi connectivity index (χ2n) is 8.56. The lowest BCUT2D eigenvalue weighted by atomic mass is 9.51. The van der Waals surface area contributed by atoms with Crippen LogP contribution in [0, 0.1) is 29.1 Å². The molecule has 6 atom stereocenters. The fourth-order valence-corrected chi connectivity index (χ4v) is 6.55. The molecular weight excluding hydrogens is 244 g/mol. The summed E-state index contributed by atoms with van der Waals surface area (Å²) < 4.78 is 0. The Kier molecular flexibility index (Phi) is 2.91. The van der Waals surface area contributed by atoms with Crippen LogP contribution in [0.2, 0.25) is 0 Å². The van der Waals surface area contributed by atoms with E-state index in [0.717, 1.165) is 30.1 Å². The average molecular weight is 274 g/mol. The van der Waals surface area contributed by atoms with Crippen molar-refractivity contribution in [2.45, 2.75) is 77.2 Å². The van der Waals surface area contributed by atoms with Crippen molar-refractivity contribution in [1.82, 2.24) is 0 Å². The zero-order valence-electron chi connectivity index (χ0n) is 13.2. The molecule has 1 N–H and O–H groups in total. The van der Waals surface area contributed by atoms with Gasteiger partial charge in [-0.05, 0) is 93.8 Å². The summed E-state index contributed by atoms with van der Waals surface area (Å²) in [5.41, 5.74) is 1.60. The number of allylic oxidation sites excluding steroid dienone is 2. The fourth-order valence-electron chi connectivity index (χ4n) is 6.55. The summed E-state index contributed by atoms with van der Waals surface area (Å²) >= 11 is 0. The Morgan fingerprint density at radius 3 is 2.75 bits per heavy atom. The van der Waals surface area contributed by atoms with Crippen LogP contribution in [0.4, 0.5) is 0 Å². The third-order valence-electron chi connectivity index (χ3n) is 7.94. The zero-order chi connectivity index (χ0) is 14.0. The molecule has 0 aliphatic heterocycles. The zero-order valence-corrected chi connectivity index (χ0v) is 13.2. The Hall–Kier alpha value is -0.300. The monoisotopic (exact) mass is 274 g/mol. The number of hydrogen-bond donors (Lipinski definition) is 1. The lowest BCUT2D eigenvalue weighted by Crippen LogP contribution is -2.51. The highest BCUT2D eigenvalue weighted by atomic mass is 16.3. The van der Waals surface area contributed by atoms with Gasteiger partial charge in [-0.1, -0.05) is 18.6 Å². The van der Waals surface area contributed by atoms with E-state index in [1.54, 1.807) is 0 Å². The number of fused-ring (bicyclic) bond motifs is 5. The van der Waals surface area contributed by atoms with Crippen LogP contribution in [-0.4, -0.2) is 10.7 Å². The van der Waals surface area contributed by atoms with Crippen LogP contribution in [0.15, 0.2) is 11.6 Å². The van der Waals surface area contributed by atoms with Gasteiger partial charge in [-0.25, -0.2) is 0 Å². The molecule has 0 heterocycles. The van der Waals surface area contributed by atoms with E-state index in [9.17, 15) is 5.11 Å². The van der Waals surface area contributed by atoms with Crippen molar-refractivity contribution in [3.63, 3.8) is 0 Å². The standard InChI is InChI=1S/C19H30O/c1-18-11-9-15-14-6-4-3-5-13(14)7-8-16(15)17(18)10-12-19(18,2)20/h5,14-17,20H,3-4,6-12H2,1-2H3/t14?,15?,16?,17?,18?,19-/m0/s1. The molecule has 0 aromatic carbocycles. The van der Waals surface area contributed by atoms with Gasteiger partial charge < -0.3 is 5.11 Å². The van der Waals surface area contributed by atoms with Gasteiger partial charge in [0.15, 0.2) is 0 Å². The molecule has 20 heavy (non-hydrogen) atoms. The molecule has 1 heteroatoms. The van der Waals surface area contributed by atoms with Crippen molar-refractivity contribution >= 4 is 0 Å². The Bertz CT molecular complexity index is 435. The van der Waals surface area contributed by atoms with Gasteiger partial charge in [0.05, 0.1) is 5.60 Å². The van der Waals surface area contributed by atoms with Crippen LogP contribution in [0.3, 0.4) is 0 Å². The molecular formula is C19H30O. The highest BCUT2D eigenvalue weighted by Crippen LogP contribution is 2.64. The topological polar surface area (TPSA) is 20.2 Å². The summed E-state index contributed by atoms with van der Waals surface area (Å²) in [4.78, 5) is 0. The van der Waals surface area contributed by atoms with E-state index in [2.05, 4.69) is 19.9 Å². The minimum absolute atomic E-state index is 0.198. The van der Waals surface area contributed by atoms with Gasteiger partial charge in [-0.15, -0.1) is 0 Å². The van der Waals surface area contributed by atoms with Crippen LogP contribution in [0.1, 0.15) is 71.6 Å². The van der Waals surface area contributed by atoms with Gasteiger partial charge in [0, 0.05) is 0 Å². The Balaban J connectivity index is 1.65. The van der Waals surface area contributed by atoms with Crippen molar-refractivity contribution < 1.29 is 5.11 Å².